The summed E-state index contributed by atoms with van der Waals surface area (Å²) in [5.74, 6) is -4.42. The minimum absolute atomic E-state index is 0.0585. The van der Waals surface area contributed by atoms with Crippen LogP contribution in [-0.4, -0.2) is 69.6 Å². The Bertz CT molecular complexity index is 1550. The summed E-state index contributed by atoms with van der Waals surface area (Å²) < 4.78 is 10.5. The summed E-state index contributed by atoms with van der Waals surface area (Å²) in [5, 5.41) is 12.2. The average molecular weight is 632 g/mol. The lowest BCUT2D eigenvalue weighted by atomic mass is 9.57. The molecule has 6 unspecified atom stereocenters. The van der Waals surface area contributed by atoms with Gasteiger partial charge in [-0.3, -0.25) is 29.0 Å². The molecule has 0 bridgehead atoms. The molecular weight excluding hydrogens is 603 g/mol. The normalized spacial score (nSPS) is 32.3. The third-order valence-corrected chi connectivity index (χ3v) is 11.3. The molecule has 3 heterocycles. The summed E-state index contributed by atoms with van der Waals surface area (Å²) >= 11 is 15.8. The second-order valence-electron chi connectivity index (χ2n) is 11.0. The fourth-order valence-electron chi connectivity index (χ4n) is 6.99. The van der Waals surface area contributed by atoms with E-state index < -0.39 is 45.2 Å². The quantitative estimate of drug-likeness (QED) is 0.289. The number of rotatable bonds is 6. The second kappa shape index (κ2) is 10.1. The molecule has 9 nitrogen and oxygen atoms in total. The van der Waals surface area contributed by atoms with Crippen LogP contribution < -0.4 is 9.47 Å². The van der Waals surface area contributed by atoms with Crippen LogP contribution in [0.5, 0.6) is 17.2 Å². The van der Waals surface area contributed by atoms with Crippen LogP contribution in [-0.2, 0) is 25.7 Å². The van der Waals surface area contributed by atoms with Crippen molar-refractivity contribution in [3.63, 3.8) is 0 Å². The maximum absolute atomic E-state index is 13.9. The molecule has 0 spiro atoms. The predicted molar refractivity (Wildman–Crippen MR) is 156 cm³/mol. The molecule has 42 heavy (non-hydrogen) atoms. The van der Waals surface area contributed by atoms with Gasteiger partial charge in [-0.1, -0.05) is 29.9 Å². The number of likely N-dealkylation sites (tertiary alicyclic amines) is 2. The van der Waals surface area contributed by atoms with Gasteiger partial charge in [-0.25, -0.2) is 0 Å². The largest absolute Gasteiger partial charge is 0.502 e. The summed E-state index contributed by atoms with van der Waals surface area (Å²) in [5.41, 5.74) is 1.27. The lowest BCUT2D eigenvalue weighted by Gasteiger charge is -2.49. The van der Waals surface area contributed by atoms with Gasteiger partial charge in [-0.05, 0) is 47.9 Å². The number of ether oxygens (including phenoxy) is 2. The Labute approximate surface area is 256 Å². The molecule has 1 N–H and O–H groups in total. The van der Waals surface area contributed by atoms with Crippen LogP contribution in [0.15, 0.2) is 47.4 Å². The zero-order valence-electron chi connectivity index (χ0n) is 23.0. The van der Waals surface area contributed by atoms with Gasteiger partial charge in [-0.15, -0.1) is 34.5 Å². The lowest BCUT2D eigenvalue weighted by molar-refractivity contribution is -0.141. The van der Waals surface area contributed by atoms with Gasteiger partial charge in [0.05, 0.1) is 32.6 Å². The molecule has 6 rings (SSSR count). The zero-order valence-corrected chi connectivity index (χ0v) is 25.3. The Hall–Kier alpha value is -3.34. The van der Waals surface area contributed by atoms with Crippen LogP contribution in [0.3, 0.4) is 0 Å². The highest BCUT2D eigenvalue weighted by Gasteiger charge is 2.75. The molecule has 2 aromatic rings. The van der Waals surface area contributed by atoms with Gasteiger partial charge < -0.3 is 14.6 Å². The topological polar surface area (TPSA) is 113 Å². The maximum Gasteiger partial charge on any atom is 0.253 e. The maximum atomic E-state index is 13.9. The number of hydrogen-bond donors (Lipinski definition) is 1. The smallest absolute Gasteiger partial charge is 0.253 e. The van der Waals surface area contributed by atoms with Crippen LogP contribution in [0.4, 0.5) is 0 Å². The van der Waals surface area contributed by atoms with Crippen molar-refractivity contribution >= 4 is 64.2 Å². The first kappa shape index (κ1) is 28.8. The van der Waals surface area contributed by atoms with Gasteiger partial charge in [0.2, 0.25) is 17.6 Å². The molecule has 3 fully saturated rings. The fraction of sp³-hybridized carbons (Fsp3) is 0.400. The number of phenols is 1. The number of allylic oxidation sites excluding steroid dienone is 3. The van der Waals surface area contributed by atoms with Crippen molar-refractivity contribution in [2.75, 3.05) is 21.3 Å². The number of methoxy groups -OCH3 is 2. The summed E-state index contributed by atoms with van der Waals surface area (Å²) in [6.07, 6.45) is 5.51. The monoisotopic (exact) mass is 630 g/mol. The first-order valence-corrected chi connectivity index (χ1v) is 15.0. The van der Waals surface area contributed by atoms with E-state index in [-0.39, 0.29) is 42.0 Å². The molecule has 2 aliphatic heterocycles. The Kier molecular flexibility index (Phi) is 6.94. The van der Waals surface area contributed by atoms with E-state index in [0.29, 0.717) is 17.6 Å². The van der Waals surface area contributed by atoms with Crippen molar-refractivity contribution in [1.82, 2.24) is 9.80 Å². The van der Waals surface area contributed by atoms with Crippen LogP contribution in [0.25, 0.3) is 6.08 Å². The summed E-state index contributed by atoms with van der Waals surface area (Å²) in [6.45, 7) is 0.184. The fourth-order valence-corrected chi connectivity index (χ4v) is 8.66. The minimum Gasteiger partial charge on any atom is -0.502 e. The van der Waals surface area contributed by atoms with Crippen molar-refractivity contribution in [2.24, 2.45) is 23.7 Å². The van der Waals surface area contributed by atoms with E-state index in [2.05, 4.69) is 0 Å². The van der Waals surface area contributed by atoms with Gasteiger partial charge in [0.25, 0.3) is 11.8 Å². The Morgan fingerprint density at radius 2 is 1.76 bits per heavy atom. The number of halogens is 2. The van der Waals surface area contributed by atoms with Crippen molar-refractivity contribution in [3.05, 3.63) is 57.8 Å². The molecule has 220 valence electrons. The molecule has 1 aromatic heterocycles. The third-order valence-electron chi connectivity index (χ3n) is 9.04. The summed E-state index contributed by atoms with van der Waals surface area (Å²) in [7, 11) is 4.17. The lowest BCUT2D eigenvalue weighted by Crippen LogP contribution is -2.60. The van der Waals surface area contributed by atoms with Crippen molar-refractivity contribution < 1.29 is 33.8 Å². The summed E-state index contributed by atoms with van der Waals surface area (Å²) in [4.78, 5) is 53.9. The van der Waals surface area contributed by atoms with Crippen molar-refractivity contribution in [1.29, 1.82) is 0 Å². The Morgan fingerprint density at radius 3 is 2.38 bits per heavy atom. The highest BCUT2D eigenvalue weighted by atomic mass is 35.5. The van der Waals surface area contributed by atoms with E-state index in [0.717, 1.165) is 9.78 Å². The first-order valence-electron chi connectivity index (χ1n) is 13.4. The van der Waals surface area contributed by atoms with Crippen molar-refractivity contribution in [3.8, 4) is 17.2 Å². The minimum atomic E-state index is -1.86. The predicted octanol–water partition coefficient (Wildman–Crippen LogP) is 4.21. The molecular formula is C30H28Cl2N2O7S. The third kappa shape index (κ3) is 3.88. The van der Waals surface area contributed by atoms with Gasteiger partial charge >= 0.3 is 0 Å². The van der Waals surface area contributed by atoms with E-state index in [1.807, 2.05) is 23.6 Å². The second-order valence-corrected chi connectivity index (χ2v) is 13.3. The summed E-state index contributed by atoms with van der Waals surface area (Å²) in [6, 6.07) is 6.92. The number of imide groups is 2. The number of benzene rings is 1. The van der Waals surface area contributed by atoms with Crippen LogP contribution >= 0.6 is 34.5 Å². The number of aromatic hydroxyl groups is 1. The highest BCUT2D eigenvalue weighted by molar-refractivity contribution is 7.09. The molecule has 1 saturated carbocycles. The van der Waals surface area contributed by atoms with E-state index in [1.165, 1.54) is 37.5 Å². The number of phenolic OH excluding ortho intramolecular Hbond substituents is 1. The molecule has 2 saturated heterocycles. The standard InChI is InChI=1S/C30H28Cl2N2O7S/c1-33-27(38)29(31)13-19-17(7-8-18-23(19)26(37)34(25(18)36)14-16-5-4-10-42-16)20(30(29,32)28(33)39)9-6-15-11-21(40-2)24(35)22(12-15)41-3/h4-7,9-12,18-20,23,35H,8,13-14H2,1-3H3. The zero-order chi connectivity index (χ0) is 30.1. The van der Waals surface area contributed by atoms with Crippen LogP contribution in [0.2, 0.25) is 0 Å². The van der Waals surface area contributed by atoms with Gasteiger partial charge in [0, 0.05) is 17.8 Å². The van der Waals surface area contributed by atoms with Crippen LogP contribution in [0.1, 0.15) is 23.3 Å². The van der Waals surface area contributed by atoms with E-state index >= 15 is 0 Å². The number of amides is 4. The SMILES string of the molecule is COc1cc(C=CC2C3=CCC4C(=O)N(Cc5cccs5)C(=O)C4C3CC3(Cl)C(=O)N(C)C(=O)C23Cl)cc(OC)c1O. The average Bonchev–Trinajstić information content (AvgIpc) is 3.62. The number of fused-ring (bicyclic) bond motifs is 4. The Morgan fingerprint density at radius 1 is 1.07 bits per heavy atom. The highest BCUT2D eigenvalue weighted by Crippen LogP contribution is 2.63. The molecule has 4 amide bonds. The van der Waals surface area contributed by atoms with E-state index in [4.69, 9.17) is 32.7 Å². The van der Waals surface area contributed by atoms with Crippen molar-refractivity contribution in [2.45, 2.75) is 29.1 Å². The van der Waals surface area contributed by atoms with E-state index in [1.54, 1.807) is 24.3 Å². The van der Waals surface area contributed by atoms with Crippen LogP contribution in [0, 0.1) is 23.7 Å². The molecule has 4 aliphatic rings. The first-order chi connectivity index (χ1) is 20.0. The van der Waals surface area contributed by atoms with Gasteiger partial charge in [-0.2, -0.15) is 0 Å². The van der Waals surface area contributed by atoms with E-state index in [9.17, 15) is 24.3 Å². The molecule has 0 radical (unpaired) electrons. The number of carbonyl (C=O) groups excluding carboxylic acids is 4. The molecule has 1 aromatic carbocycles. The molecule has 6 atom stereocenters. The Balaban J connectivity index is 1.44. The van der Waals surface area contributed by atoms with Gasteiger partial charge in [0.15, 0.2) is 21.2 Å². The van der Waals surface area contributed by atoms with Gasteiger partial charge in [0.1, 0.15) is 0 Å². The number of carbonyl (C=O) groups is 4. The number of alkyl halides is 2. The number of thiophene rings is 1. The molecule has 2 aliphatic carbocycles. The number of hydrogen-bond acceptors (Lipinski definition) is 8. The molecule has 12 heteroatoms. The number of nitrogens with zero attached hydrogens (tertiary/aromatic N) is 2.